The van der Waals surface area contributed by atoms with E-state index in [-0.39, 0.29) is 5.02 Å². The van der Waals surface area contributed by atoms with Crippen LogP contribution in [0, 0.1) is 5.82 Å². The Kier molecular flexibility index (Phi) is 5.67. The van der Waals surface area contributed by atoms with Gasteiger partial charge in [0.25, 0.3) is 0 Å². The highest BCUT2D eigenvalue weighted by Gasteiger charge is 2.07. The summed E-state index contributed by atoms with van der Waals surface area (Å²) in [6.07, 6.45) is 2.81. The van der Waals surface area contributed by atoms with E-state index in [0.29, 0.717) is 27.3 Å². The summed E-state index contributed by atoms with van der Waals surface area (Å²) in [5, 5.41) is 3.51. The first kappa shape index (κ1) is 18.5. The Morgan fingerprint density at radius 1 is 1.00 bits per heavy atom. The summed E-state index contributed by atoms with van der Waals surface area (Å²) in [7, 11) is 0. The molecule has 1 amide bonds. The Labute approximate surface area is 164 Å². The molecule has 1 aromatic heterocycles. The minimum atomic E-state index is -0.551. The molecule has 0 unspecified atom stereocenters. The van der Waals surface area contributed by atoms with E-state index in [0.717, 1.165) is 5.56 Å². The number of carbonyl (C=O) groups excluding carboxylic acids is 1. The zero-order chi connectivity index (χ0) is 18.7. The Morgan fingerprint density at radius 3 is 2.42 bits per heavy atom. The van der Waals surface area contributed by atoms with Crippen molar-refractivity contribution >= 4 is 52.5 Å². The Balaban J connectivity index is 1.69. The maximum absolute atomic E-state index is 13.1. The van der Waals surface area contributed by atoms with Gasteiger partial charge < -0.3 is 9.73 Å². The lowest BCUT2D eigenvalue weighted by atomic mass is 10.2. The van der Waals surface area contributed by atoms with Crippen molar-refractivity contribution in [3.8, 4) is 11.3 Å². The molecule has 3 rings (SSSR count). The highest BCUT2D eigenvalue weighted by atomic mass is 35.5. The van der Waals surface area contributed by atoms with Crippen molar-refractivity contribution in [1.29, 1.82) is 0 Å². The van der Waals surface area contributed by atoms with Crippen molar-refractivity contribution in [1.82, 2.24) is 0 Å². The van der Waals surface area contributed by atoms with Gasteiger partial charge in [-0.3, -0.25) is 4.79 Å². The van der Waals surface area contributed by atoms with Gasteiger partial charge in [-0.2, -0.15) is 0 Å². The molecular formula is C19H11Cl3FNO2. The fourth-order valence-corrected chi connectivity index (χ4v) is 2.92. The third-order valence-electron chi connectivity index (χ3n) is 3.36. The van der Waals surface area contributed by atoms with E-state index in [2.05, 4.69) is 5.32 Å². The topological polar surface area (TPSA) is 42.2 Å². The second-order valence-corrected chi connectivity index (χ2v) is 6.59. The van der Waals surface area contributed by atoms with Gasteiger partial charge in [-0.15, -0.1) is 0 Å². The first-order chi connectivity index (χ1) is 12.4. The van der Waals surface area contributed by atoms with Gasteiger partial charge in [-0.1, -0.05) is 34.8 Å². The molecule has 3 nitrogen and oxygen atoms in total. The third-order valence-corrected chi connectivity index (χ3v) is 4.09. The van der Waals surface area contributed by atoms with Gasteiger partial charge >= 0.3 is 0 Å². The number of benzene rings is 2. The second kappa shape index (κ2) is 7.96. The molecule has 0 aliphatic rings. The monoisotopic (exact) mass is 409 g/mol. The second-order valence-electron chi connectivity index (χ2n) is 5.31. The molecule has 132 valence electrons. The quantitative estimate of drug-likeness (QED) is 0.486. The summed E-state index contributed by atoms with van der Waals surface area (Å²) >= 11 is 17.6. The number of hydrogen-bond acceptors (Lipinski definition) is 2. The molecule has 0 aliphatic carbocycles. The van der Waals surface area contributed by atoms with Gasteiger partial charge in [0.1, 0.15) is 17.3 Å². The predicted molar refractivity (Wildman–Crippen MR) is 103 cm³/mol. The lowest BCUT2D eigenvalue weighted by Crippen LogP contribution is -2.07. The molecule has 1 N–H and O–H groups in total. The number of rotatable bonds is 4. The Hall–Kier alpha value is -2.27. The molecule has 0 aliphatic heterocycles. The van der Waals surface area contributed by atoms with E-state index in [4.69, 9.17) is 39.2 Å². The summed E-state index contributed by atoms with van der Waals surface area (Å²) in [5.41, 5.74) is 1.12. The van der Waals surface area contributed by atoms with Crippen LogP contribution in [0.15, 0.2) is 59.0 Å². The fourth-order valence-electron chi connectivity index (χ4n) is 2.21. The average molecular weight is 411 g/mol. The number of nitrogens with one attached hydrogen (secondary N) is 1. The van der Waals surface area contributed by atoms with Crippen molar-refractivity contribution in [3.63, 3.8) is 0 Å². The van der Waals surface area contributed by atoms with Gasteiger partial charge in [0.2, 0.25) is 5.91 Å². The molecule has 0 saturated carbocycles. The van der Waals surface area contributed by atoms with E-state index < -0.39 is 11.7 Å². The highest BCUT2D eigenvalue weighted by molar-refractivity contribution is 6.35. The SMILES string of the molecule is O=C(/C=C/c1ccc(-c2cc(Cl)cc(Cl)c2)o1)Nc1ccc(F)c(Cl)c1. The van der Waals surface area contributed by atoms with Crippen LogP contribution in [0.25, 0.3) is 17.4 Å². The minimum Gasteiger partial charge on any atom is -0.457 e. The maximum Gasteiger partial charge on any atom is 0.248 e. The van der Waals surface area contributed by atoms with E-state index in [1.807, 2.05) is 0 Å². The van der Waals surface area contributed by atoms with Crippen molar-refractivity contribution in [2.45, 2.75) is 0 Å². The Morgan fingerprint density at radius 2 is 1.73 bits per heavy atom. The molecule has 2 aromatic carbocycles. The van der Waals surface area contributed by atoms with Crippen LogP contribution in [0.3, 0.4) is 0 Å². The standard InChI is InChI=1S/C19H11Cl3FNO2/c20-12-7-11(8-13(21)9-12)18-5-2-15(26-18)3-6-19(25)24-14-1-4-17(23)16(22)10-14/h1-10H,(H,24,25)/b6-3+. The molecular weight excluding hydrogens is 400 g/mol. The van der Waals surface area contributed by atoms with Gasteiger partial charge in [-0.25, -0.2) is 4.39 Å². The smallest absolute Gasteiger partial charge is 0.248 e. The highest BCUT2D eigenvalue weighted by Crippen LogP contribution is 2.29. The normalized spacial score (nSPS) is 11.1. The molecule has 0 radical (unpaired) electrons. The molecule has 0 fully saturated rings. The Bertz CT molecular complexity index is 978. The lowest BCUT2D eigenvalue weighted by molar-refractivity contribution is -0.111. The number of furan rings is 1. The van der Waals surface area contributed by atoms with Crippen molar-refractivity contribution in [3.05, 3.63) is 81.3 Å². The summed E-state index contributed by atoms with van der Waals surface area (Å²) in [4.78, 5) is 11.9. The summed E-state index contributed by atoms with van der Waals surface area (Å²) < 4.78 is 18.8. The van der Waals surface area contributed by atoms with Crippen LogP contribution in [-0.4, -0.2) is 5.91 Å². The zero-order valence-corrected chi connectivity index (χ0v) is 15.4. The maximum atomic E-state index is 13.1. The van der Waals surface area contributed by atoms with Crippen LogP contribution in [-0.2, 0) is 4.79 Å². The molecule has 0 spiro atoms. The minimum absolute atomic E-state index is 0.0670. The van der Waals surface area contributed by atoms with Crippen LogP contribution in [0.1, 0.15) is 5.76 Å². The largest absolute Gasteiger partial charge is 0.457 e. The van der Waals surface area contributed by atoms with Gasteiger partial charge in [0.05, 0.1) is 5.02 Å². The fraction of sp³-hybridized carbons (Fsp3) is 0. The van der Waals surface area contributed by atoms with E-state index in [1.54, 1.807) is 30.3 Å². The number of anilines is 1. The van der Waals surface area contributed by atoms with Crippen molar-refractivity contribution in [2.24, 2.45) is 0 Å². The first-order valence-electron chi connectivity index (χ1n) is 7.41. The van der Waals surface area contributed by atoms with Crippen molar-refractivity contribution < 1.29 is 13.6 Å². The first-order valence-corrected chi connectivity index (χ1v) is 8.54. The van der Waals surface area contributed by atoms with Crippen LogP contribution in [0.4, 0.5) is 10.1 Å². The molecule has 26 heavy (non-hydrogen) atoms. The number of halogens is 4. The van der Waals surface area contributed by atoms with E-state index in [1.165, 1.54) is 30.4 Å². The van der Waals surface area contributed by atoms with Gasteiger partial charge in [0, 0.05) is 27.4 Å². The number of amides is 1. The summed E-state index contributed by atoms with van der Waals surface area (Å²) in [6, 6.07) is 12.5. The van der Waals surface area contributed by atoms with Gasteiger partial charge in [-0.05, 0) is 54.6 Å². The van der Waals surface area contributed by atoms with Crippen LogP contribution in [0.2, 0.25) is 15.1 Å². The van der Waals surface area contributed by atoms with Crippen LogP contribution >= 0.6 is 34.8 Å². The number of hydrogen-bond donors (Lipinski definition) is 1. The summed E-state index contributed by atoms with van der Waals surface area (Å²) in [6.45, 7) is 0. The summed E-state index contributed by atoms with van der Waals surface area (Å²) in [5.74, 6) is 0.0871. The van der Waals surface area contributed by atoms with E-state index in [9.17, 15) is 9.18 Å². The molecule has 0 bridgehead atoms. The molecule has 7 heteroatoms. The molecule has 0 saturated heterocycles. The van der Waals surface area contributed by atoms with Crippen LogP contribution < -0.4 is 5.32 Å². The third kappa shape index (κ3) is 4.67. The molecule has 0 atom stereocenters. The average Bonchev–Trinajstić information content (AvgIpc) is 3.05. The number of carbonyl (C=O) groups is 1. The lowest BCUT2D eigenvalue weighted by Gasteiger charge is -2.02. The molecule has 1 heterocycles. The zero-order valence-electron chi connectivity index (χ0n) is 13.1. The van der Waals surface area contributed by atoms with E-state index >= 15 is 0 Å². The van der Waals surface area contributed by atoms with Crippen LogP contribution in [0.5, 0.6) is 0 Å². The predicted octanol–water partition coefficient (Wildman–Crippen LogP) is 6.70. The molecule has 3 aromatic rings. The van der Waals surface area contributed by atoms with Crippen molar-refractivity contribution in [2.75, 3.05) is 5.32 Å². The van der Waals surface area contributed by atoms with Gasteiger partial charge in [0.15, 0.2) is 0 Å².